The summed E-state index contributed by atoms with van der Waals surface area (Å²) >= 11 is 2.67. The summed E-state index contributed by atoms with van der Waals surface area (Å²) in [6.07, 6.45) is -4.44. The molecule has 2 rings (SSSR count). The summed E-state index contributed by atoms with van der Waals surface area (Å²) in [5.41, 5.74) is 0.406. The van der Waals surface area contributed by atoms with Crippen LogP contribution in [0.2, 0.25) is 0 Å². The van der Waals surface area contributed by atoms with Gasteiger partial charge in [-0.25, -0.2) is 19.6 Å². The van der Waals surface area contributed by atoms with Crippen LogP contribution in [-0.2, 0) is 60.9 Å². The van der Waals surface area contributed by atoms with Crippen molar-refractivity contribution in [2.24, 2.45) is 53.3 Å². The zero-order valence-corrected chi connectivity index (χ0v) is 60.2. The maximum Gasteiger partial charge on any atom is 0.411 e. The van der Waals surface area contributed by atoms with Crippen LogP contribution in [-0.4, -0.2) is 160 Å². The Bertz CT molecular complexity index is 2710. The van der Waals surface area contributed by atoms with Gasteiger partial charge in [-0.15, -0.1) is 22.7 Å². The number of carbonyl (C=O) groups excluding carboxylic acids is 10. The largest absolute Gasteiger partial charge is 0.444 e. The molecular weight excluding hydrogens is 1220 g/mol. The van der Waals surface area contributed by atoms with Crippen LogP contribution in [0.4, 0.5) is 9.59 Å². The number of aryl methyl sites for hydroxylation is 2. The predicted octanol–water partition coefficient (Wildman–Crippen LogP) is 6.22. The molecule has 0 bridgehead atoms. The third-order valence-electron chi connectivity index (χ3n) is 15.0. The average molecular weight is 1330 g/mol. The van der Waals surface area contributed by atoms with Crippen LogP contribution in [0.1, 0.15) is 179 Å². The van der Waals surface area contributed by atoms with Crippen molar-refractivity contribution in [1.82, 2.24) is 62.7 Å². The summed E-state index contributed by atoms with van der Waals surface area (Å²) in [5.74, 6) is -7.50. The van der Waals surface area contributed by atoms with Gasteiger partial charge in [-0.1, -0.05) is 104 Å². The summed E-state index contributed by atoms with van der Waals surface area (Å²) in [6.45, 7) is 37.0. The molecule has 2 heterocycles. The van der Waals surface area contributed by atoms with Crippen molar-refractivity contribution in [3.8, 4) is 0 Å². The average Bonchev–Trinajstić information content (AvgIpc) is 0.939. The van der Waals surface area contributed by atoms with Crippen LogP contribution in [0.5, 0.6) is 0 Å². The highest BCUT2D eigenvalue weighted by Crippen LogP contribution is 2.25. The second-order valence-corrected chi connectivity index (χ2v) is 29.8. The smallest absolute Gasteiger partial charge is 0.411 e. The molecular formula is C65H112N12O13S2. The third kappa shape index (κ3) is 29.6. The fourth-order valence-corrected chi connectivity index (χ4v) is 11.5. The number of amides is 10. The number of aliphatic hydroxyl groups is 1. The number of ether oxygens (including phenoxy) is 2. The van der Waals surface area contributed by atoms with E-state index in [1.807, 2.05) is 81.5 Å². The Morgan fingerprint density at radius 3 is 1.43 bits per heavy atom. The number of hydrogen-bond donors (Lipinski definition) is 10. The molecule has 92 heavy (non-hydrogen) atoms. The topological polar surface area (TPSA) is 347 Å². The molecule has 0 aliphatic carbocycles. The standard InChI is InChI=1S/C65H112N12O13S2/c1-34(2)22-46(50(79)24-40(13)57(81)75-54(38(9)10)61(85)67-27-36(5)6)72-59(83)48(74-56(80)42(15)26-52-70-43(16)32-91-52)29-69-63(87)90-51(25-41(14)58(82)76-55(39(11)12)62(86)68-28-37(7)8)47(23-35(3)4)73-60(84)49(30-66-45(18)78)77(65(19,20)21)64(88)89-31-53-71-44(17)33-92-53/h32-42,46-51,54-55,79H,22-31H2,1-21H3,(H,66,78)(H,67,85)(H,68,86)(H,69,87)(H,72,83)(H,73,84)(H,74,80)(H,75,81)(H,76,82). The van der Waals surface area contributed by atoms with Crippen LogP contribution in [0, 0.1) is 67.1 Å². The second-order valence-electron chi connectivity index (χ2n) is 27.9. The third-order valence-corrected chi connectivity index (χ3v) is 16.9. The molecule has 27 heteroatoms. The molecule has 0 aliphatic rings. The van der Waals surface area contributed by atoms with Gasteiger partial charge in [0, 0.05) is 78.4 Å². The van der Waals surface area contributed by atoms with Gasteiger partial charge < -0.3 is 62.4 Å². The van der Waals surface area contributed by atoms with Gasteiger partial charge in [-0.2, -0.15) is 0 Å². The van der Waals surface area contributed by atoms with E-state index in [0.29, 0.717) is 23.1 Å². The molecule has 0 radical (unpaired) electrons. The van der Waals surface area contributed by atoms with E-state index in [4.69, 9.17) is 9.47 Å². The van der Waals surface area contributed by atoms with Gasteiger partial charge in [-0.05, 0) is 95.8 Å². The van der Waals surface area contributed by atoms with Crippen molar-refractivity contribution in [1.29, 1.82) is 0 Å². The summed E-state index contributed by atoms with van der Waals surface area (Å²) < 4.78 is 12.0. The van der Waals surface area contributed by atoms with Crippen molar-refractivity contribution in [2.75, 3.05) is 26.2 Å². The first-order valence-corrected chi connectivity index (χ1v) is 34.2. The lowest BCUT2D eigenvalue weighted by Gasteiger charge is -2.41. The molecule has 11 unspecified atom stereocenters. The summed E-state index contributed by atoms with van der Waals surface area (Å²) in [4.78, 5) is 150. The fourth-order valence-electron chi connectivity index (χ4n) is 9.88. The molecule has 2 aromatic heterocycles. The quantitative estimate of drug-likeness (QED) is 0.0357. The number of aliphatic hydroxyl groups excluding tert-OH is 1. The minimum Gasteiger partial charge on any atom is -0.444 e. The molecule has 522 valence electrons. The summed E-state index contributed by atoms with van der Waals surface area (Å²) in [5, 5.41) is 42.1. The zero-order valence-electron chi connectivity index (χ0n) is 58.5. The highest BCUT2D eigenvalue weighted by Gasteiger charge is 2.42. The number of alkyl carbamates (subject to hydrolysis) is 1. The van der Waals surface area contributed by atoms with Crippen LogP contribution in [0.15, 0.2) is 10.8 Å². The Morgan fingerprint density at radius 2 is 0.989 bits per heavy atom. The minimum atomic E-state index is -1.50. The molecule has 25 nitrogen and oxygen atoms in total. The van der Waals surface area contributed by atoms with Crippen molar-refractivity contribution in [3.05, 3.63) is 32.2 Å². The SMILES string of the molecule is CC(=O)NCC(C(=O)NC(CC(C)C)C(CC(C)C(=O)NC(C(=O)NCC(C)C)C(C)C)OC(=O)NCC(NC(=O)C(C)Cc1nc(C)cs1)C(=O)NC(CC(C)C)C(O)CC(C)C(=O)NC(C(=O)NCC(C)C)C(C)C)N(C(=O)OCc1nc(C)cs1)C(C)(C)C. The van der Waals surface area contributed by atoms with Crippen molar-refractivity contribution in [3.63, 3.8) is 0 Å². The van der Waals surface area contributed by atoms with Gasteiger partial charge >= 0.3 is 12.2 Å². The normalized spacial score (nSPS) is 15.4. The molecule has 11 atom stereocenters. The van der Waals surface area contributed by atoms with E-state index in [-0.39, 0.29) is 92.6 Å². The first kappa shape index (κ1) is 81.6. The van der Waals surface area contributed by atoms with Gasteiger partial charge in [0.25, 0.3) is 0 Å². The highest BCUT2D eigenvalue weighted by atomic mass is 32.1. The molecule has 2 aromatic rings. The molecule has 0 fully saturated rings. The van der Waals surface area contributed by atoms with Crippen LogP contribution < -0.4 is 47.9 Å². The number of nitrogens with zero attached hydrogens (tertiary/aromatic N) is 3. The van der Waals surface area contributed by atoms with E-state index in [9.17, 15) is 48.3 Å². The van der Waals surface area contributed by atoms with Crippen molar-refractivity contribution >= 4 is 82.1 Å². The number of thiazole rings is 2. The van der Waals surface area contributed by atoms with Gasteiger partial charge in [0.2, 0.25) is 47.3 Å². The molecule has 10 N–H and O–H groups in total. The first-order valence-electron chi connectivity index (χ1n) is 32.4. The maximum atomic E-state index is 15.1. The van der Waals surface area contributed by atoms with Gasteiger partial charge in [-0.3, -0.25) is 43.3 Å². The van der Waals surface area contributed by atoms with Crippen LogP contribution >= 0.6 is 22.7 Å². The Balaban J connectivity index is 2.73. The van der Waals surface area contributed by atoms with Crippen LogP contribution in [0.3, 0.4) is 0 Å². The van der Waals surface area contributed by atoms with Gasteiger partial charge in [0.15, 0.2) is 0 Å². The number of rotatable bonds is 38. The van der Waals surface area contributed by atoms with Crippen molar-refractivity contribution in [2.45, 2.75) is 238 Å². The summed E-state index contributed by atoms with van der Waals surface area (Å²) in [7, 11) is 0. The number of aromatic nitrogens is 2. The minimum absolute atomic E-state index is 0.0969. The lowest BCUT2D eigenvalue weighted by atomic mass is 9.91. The number of nitrogens with one attached hydrogen (secondary N) is 9. The first-order chi connectivity index (χ1) is 42.7. The van der Waals surface area contributed by atoms with E-state index >= 15 is 4.79 Å². The molecule has 0 spiro atoms. The zero-order chi connectivity index (χ0) is 70.1. The Kier molecular flexibility index (Phi) is 34.8. The lowest BCUT2D eigenvalue weighted by molar-refractivity contribution is -0.133. The summed E-state index contributed by atoms with van der Waals surface area (Å²) in [6, 6.07) is -6.79. The van der Waals surface area contributed by atoms with E-state index < -0.39 is 126 Å². The maximum absolute atomic E-state index is 15.1. The predicted molar refractivity (Wildman–Crippen MR) is 357 cm³/mol. The van der Waals surface area contributed by atoms with E-state index in [2.05, 4.69) is 57.8 Å². The van der Waals surface area contributed by atoms with Gasteiger partial charge in [0.05, 0.1) is 29.7 Å². The number of carbonyl (C=O) groups is 10. The Morgan fingerprint density at radius 1 is 0.522 bits per heavy atom. The van der Waals surface area contributed by atoms with E-state index in [1.54, 1.807) is 67.7 Å². The molecule has 0 saturated carbocycles. The Labute approximate surface area is 554 Å². The van der Waals surface area contributed by atoms with E-state index in [0.717, 1.165) is 11.4 Å². The fraction of sp³-hybridized carbons (Fsp3) is 0.754. The monoisotopic (exact) mass is 1330 g/mol. The Hall–Kier alpha value is -6.48. The van der Waals surface area contributed by atoms with Gasteiger partial charge in [0.1, 0.15) is 41.9 Å². The van der Waals surface area contributed by atoms with E-state index in [1.165, 1.54) is 34.5 Å². The number of hydrogen-bond acceptors (Lipinski definition) is 17. The highest BCUT2D eigenvalue weighted by molar-refractivity contribution is 7.09. The molecule has 0 saturated heterocycles. The van der Waals surface area contributed by atoms with Crippen molar-refractivity contribution < 1.29 is 62.5 Å². The van der Waals surface area contributed by atoms with Crippen LogP contribution in [0.25, 0.3) is 0 Å². The molecule has 0 aliphatic heterocycles. The second kappa shape index (κ2) is 39.3. The lowest BCUT2D eigenvalue weighted by Crippen LogP contribution is -2.62. The molecule has 10 amide bonds. The molecule has 0 aromatic carbocycles.